The molecule has 4 atom stereocenters. The fourth-order valence-electron chi connectivity index (χ4n) is 4.48. The topological polar surface area (TPSA) is 56.1 Å². The molecule has 2 aliphatic carbocycles. The van der Waals surface area contributed by atoms with Gasteiger partial charge < -0.3 is 10.3 Å². The molecule has 18 heavy (non-hydrogen) atoms. The Morgan fingerprint density at radius 1 is 1.22 bits per heavy atom. The quantitative estimate of drug-likeness (QED) is 0.595. The highest BCUT2D eigenvalue weighted by molar-refractivity contribution is 5.94. The SMILES string of the molecule is OCC[C@H]1CCCCN1[C@@H]1/C(=N\O)[C@H]2CC[C@H]1C2. The highest BCUT2D eigenvalue weighted by atomic mass is 16.4. The van der Waals surface area contributed by atoms with E-state index in [1.807, 2.05) is 0 Å². The second-order valence-electron chi connectivity index (χ2n) is 6.14. The smallest absolute Gasteiger partial charge is 0.0775 e. The van der Waals surface area contributed by atoms with Gasteiger partial charge in [0.05, 0.1) is 11.8 Å². The van der Waals surface area contributed by atoms with Crippen molar-refractivity contribution in [1.29, 1.82) is 0 Å². The lowest BCUT2D eigenvalue weighted by molar-refractivity contribution is 0.0795. The van der Waals surface area contributed by atoms with Crippen LogP contribution in [0.15, 0.2) is 5.16 Å². The lowest BCUT2D eigenvalue weighted by Crippen LogP contribution is -2.52. The second kappa shape index (κ2) is 5.17. The Morgan fingerprint density at radius 3 is 2.89 bits per heavy atom. The molecule has 4 nitrogen and oxygen atoms in total. The summed E-state index contributed by atoms with van der Waals surface area (Å²) in [5, 5.41) is 22.2. The number of likely N-dealkylation sites (tertiary alicyclic amines) is 1. The molecule has 102 valence electrons. The van der Waals surface area contributed by atoms with Crippen LogP contribution in [-0.4, -0.2) is 46.2 Å². The van der Waals surface area contributed by atoms with E-state index >= 15 is 0 Å². The average molecular weight is 252 g/mol. The maximum absolute atomic E-state index is 9.32. The summed E-state index contributed by atoms with van der Waals surface area (Å²) >= 11 is 0. The number of hydrogen-bond acceptors (Lipinski definition) is 4. The van der Waals surface area contributed by atoms with Gasteiger partial charge in [-0.15, -0.1) is 0 Å². The summed E-state index contributed by atoms with van der Waals surface area (Å²) in [5.74, 6) is 1.22. The van der Waals surface area contributed by atoms with Gasteiger partial charge in [0.2, 0.25) is 0 Å². The summed E-state index contributed by atoms with van der Waals surface area (Å²) in [6.45, 7) is 1.38. The maximum Gasteiger partial charge on any atom is 0.0775 e. The van der Waals surface area contributed by atoms with Crippen LogP contribution in [0.25, 0.3) is 0 Å². The van der Waals surface area contributed by atoms with Crippen LogP contribution in [0.3, 0.4) is 0 Å². The van der Waals surface area contributed by atoms with Crippen molar-refractivity contribution in [2.24, 2.45) is 17.0 Å². The summed E-state index contributed by atoms with van der Waals surface area (Å²) in [5.41, 5.74) is 1.04. The summed E-state index contributed by atoms with van der Waals surface area (Å²) in [4.78, 5) is 2.54. The average Bonchev–Trinajstić information content (AvgIpc) is 2.99. The van der Waals surface area contributed by atoms with Crippen molar-refractivity contribution in [2.75, 3.05) is 13.2 Å². The number of rotatable bonds is 3. The molecule has 1 saturated heterocycles. The first-order chi connectivity index (χ1) is 8.85. The molecule has 0 aromatic carbocycles. The van der Waals surface area contributed by atoms with E-state index in [9.17, 15) is 10.3 Å². The first kappa shape index (κ1) is 12.4. The Balaban J connectivity index is 1.79. The van der Waals surface area contributed by atoms with Gasteiger partial charge in [-0.3, -0.25) is 4.90 Å². The molecule has 4 heteroatoms. The molecule has 2 saturated carbocycles. The van der Waals surface area contributed by atoms with Gasteiger partial charge in [0.15, 0.2) is 0 Å². The van der Waals surface area contributed by atoms with E-state index in [1.54, 1.807) is 0 Å². The van der Waals surface area contributed by atoms with Crippen molar-refractivity contribution >= 4 is 5.71 Å². The van der Waals surface area contributed by atoms with Crippen LogP contribution in [0.4, 0.5) is 0 Å². The number of aliphatic hydroxyl groups is 1. The Bertz CT molecular complexity index is 330. The molecule has 3 fully saturated rings. The third-order valence-electron chi connectivity index (χ3n) is 5.25. The predicted molar refractivity (Wildman–Crippen MR) is 69.9 cm³/mol. The largest absolute Gasteiger partial charge is 0.411 e. The highest BCUT2D eigenvalue weighted by Crippen LogP contribution is 2.46. The normalized spacial score (nSPS) is 42.8. The lowest BCUT2D eigenvalue weighted by Gasteiger charge is -2.43. The third-order valence-corrected chi connectivity index (χ3v) is 5.25. The van der Waals surface area contributed by atoms with Crippen LogP contribution in [-0.2, 0) is 0 Å². The monoisotopic (exact) mass is 252 g/mol. The number of nitrogens with zero attached hydrogens (tertiary/aromatic N) is 2. The molecule has 1 heterocycles. The molecule has 0 aromatic heterocycles. The van der Waals surface area contributed by atoms with Crippen molar-refractivity contribution in [3.63, 3.8) is 0 Å². The van der Waals surface area contributed by atoms with Gasteiger partial charge in [-0.1, -0.05) is 11.6 Å². The fraction of sp³-hybridized carbons (Fsp3) is 0.929. The molecule has 3 rings (SSSR count). The van der Waals surface area contributed by atoms with Crippen molar-refractivity contribution in [3.8, 4) is 0 Å². The van der Waals surface area contributed by atoms with Crippen molar-refractivity contribution in [3.05, 3.63) is 0 Å². The summed E-state index contributed by atoms with van der Waals surface area (Å²) in [6.07, 6.45) is 8.28. The third kappa shape index (κ3) is 1.95. The van der Waals surface area contributed by atoms with E-state index in [1.165, 1.54) is 38.5 Å². The zero-order valence-corrected chi connectivity index (χ0v) is 11.0. The Labute approximate surface area is 109 Å². The van der Waals surface area contributed by atoms with Gasteiger partial charge in [-0.05, 0) is 51.0 Å². The maximum atomic E-state index is 9.32. The van der Waals surface area contributed by atoms with Crippen molar-refractivity contribution < 1.29 is 10.3 Å². The van der Waals surface area contributed by atoms with Gasteiger partial charge >= 0.3 is 0 Å². The van der Waals surface area contributed by atoms with E-state index < -0.39 is 0 Å². The minimum atomic E-state index is 0.271. The molecule has 0 radical (unpaired) electrons. The lowest BCUT2D eigenvalue weighted by atomic mass is 9.88. The van der Waals surface area contributed by atoms with Crippen LogP contribution < -0.4 is 0 Å². The Kier molecular flexibility index (Phi) is 3.57. The molecule has 0 spiro atoms. The fourth-order valence-corrected chi connectivity index (χ4v) is 4.48. The number of piperidine rings is 1. The van der Waals surface area contributed by atoms with E-state index in [0.717, 1.165) is 18.7 Å². The van der Waals surface area contributed by atoms with Crippen LogP contribution in [0.1, 0.15) is 44.9 Å². The molecule has 3 aliphatic rings. The molecule has 1 aliphatic heterocycles. The summed E-state index contributed by atoms with van der Waals surface area (Å²) in [6, 6.07) is 0.857. The minimum Gasteiger partial charge on any atom is -0.411 e. The van der Waals surface area contributed by atoms with Gasteiger partial charge in [0.1, 0.15) is 0 Å². The van der Waals surface area contributed by atoms with Crippen molar-refractivity contribution in [1.82, 2.24) is 4.90 Å². The highest BCUT2D eigenvalue weighted by Gasteiger charge is 2.49. The van der Waals surface area contributed by atoms with E-state index in [0.29, 0.717) is 23.9 Å². The zero-order chi connectivity index (χ0) is 12.5. The van der Waals surface area contributed by atoms with Gasteiger partial charge in [-0.25, -0.2) is 0 Å². The second-order valence-corrected chi connectivity index (χ2v) is 6.14. The molecule has 2 N–H and O–H groups in total. The molecular weight excluding hydrogens is 228 g/mol. The van der Waals surface area contributed by atoms with E-state index in [-0.39, 0.29) is 6.61 Å². The minimum absolute atomic E-state index is 0.271. The van der Waals surface area contributed by atoms with Crippen molar-refractivity contribution in [2.45, 2.75) is 57.0 Å². The Hall–Kier alpha value is -0.610. The van der Waals surface area contributed by atoms with Crippen LogP contribution >= 0.6 is 0 Å². The zero-order valence-electron chi connectivity index (χ0n) is 11.0. The van der Waals surface area contributed by atoms with Crippen LogP contribution in [0.2, 0.25) is 0 Å². The summed E-state index contributed by atoms with van der Waals surface area (Å²) in [7, 11) is 0. The number of hydrogen-bond donors (Lipinski definition) is 2. The van der Waals surface area contributed by atoms with Gasteiger partial charge in [-0.2, -0.15) is 0 Å². The predicted octanol–water partition coefficient (Wildman–Crippen LogP) is 1.85. The molecular formula is C14H24N2O2. The van der Waals surface area contributed by atoms with E-state index in [2.05, 4.69) is 10.1 Å². The van der Waals surface area contributed by atoms with E-state index in [4.69, 9.17) is 0 Å². The first-order valence-corrected chi connectivity index (χ1v) is 7.43. The Morgan fingerprint density at radius 2 is 2.11 bits per heavy atom. The van der Waals surface area contributed by atoms with Crippen LogP contribution in [0.5, 0.6) is 0 Å². The molecule has 0 aromatic rings. The van der Waals surface area contributed by atoms with Gasteiger partial charge in [0.25, 0.3) is 0 Å². The summed E-state index contributed by atoms with van der Waals surface area (Å²) < 4.78 is 0. The standard InChI is InChI=1S/C14H24N2O2/c17-8-6-12-3-1-2-7-16(12)14-11-5-4-10(9-11)13(14)15-18/h10-12,14,17-18H,1-9H2/b15-13-/t10-,11-,12+,14-/m0/s1. The molecule has 2 bridgehead atoms. The molecule has 0 unspecified atom stereocenters. The number of fused-ring (bicyclic) bond motifs is 2. The van der Waals surface area contributed by atoms with Crippen LogP contribution in [0, 0.1) is 11.8 Å². The number of oxime groups is 1. The molecule has 0 amide bonds. The van der Waals surface area contributed by atoms with Gasteiger partial charge in [0, 0.05) is 18.6 Å². The number of aliphatic hydroxyl groups excluding tert-OH is 1. The first-order valence-electron chi connectivity index (χ1n) is 7.43.